The molecule has 2 fully saturated rings. The van der Waals surface area contributed by atoms with Gasteiger partial charge in [-0.1, -0.05) is 44.2 Å². The van der Waals surface area contributed by atoms with Crippen LogP contribution in [0.2, 0.25) is 0 Å². The molecule has 1 saturated heterocycles. The van der Waals surface area contributed by atoms with Crippen molar-refractivity contribution in [2.45, 2.75) is 46.0 Å². The molecule has 0 spiro atoms. The summed E-state index contributed by atoms with van der Waals surface area (Å²) in [4.78, 5) is 31.5. The van der Waals surface area contributed by atoms with E-state index in [-0.39, 0.29) is 17.6 Å². The average molecular weight is 431 g/mol. The normalized spacial score (nSPS) is 21.1. The van der Waals surface area contributed by atoms with Gasteiger partial charge in [-0.25, -0.2) is 9.50 Å². The number of ketones is 1. The van der Waals surface area contributed by atoms with Crippen molar-refractivity contribution in [1.82, 2.24) is 19.5 Å². The highest BCUT2D eigenvalue weighted by Crippen LogP contribution is 2.31. The van der Waals surface area contributed by atoms with Gasteiger partial charge in [-0.05, 0) is 48.8 Å². The number of aromatic nitrogens is 3. The second-order valence-electron chi connectivity index (χ2n) is 9.74. The van der Waals surface area contributed by atoms with Crippen LogP contribution in [0, 0.1) is 17.8 Å². The molecule has 1 saturated carbocycles. The summed E-state index contributed by atoms with van der Waals surface area (Å²) in [6.07, 6.45) is 3.94. The van der Waals surface area contributed by atoms with Gasteiger partial charge in [0.1, 0.15) is 5.78 Å². The first kappa shape index (κ1) is 20.9. The first-order valence-corrected chi connectivity index (χ1v) is 11.7. The van der Waals surface area contributed by atoms with Crippen molar-refractivity contribution in [3.63, 3.8) is 0 Å². The zero-order valence-electron chi connectivity index (χ0n) is 18.8. The number of carbonyl (C=O) groups excluding carboxylic acids is 2. The summed E-state index contributed by atoms with van der Waals surface area (Å²) in [7, 11) is 0. The zero-order valence-corrected chi connectivity index (χ0v) is 18.8. The van der Waals surface area contributed by atoms with E-state index in [0.29, 0.717) is 30.5 Å². The highest BCUT2D eigenvalue weighted by atomic mass is 16.2. The first-order chi connectivity index (χ1) is 15.5. The fourth-order valence-corrected chi connectivity index (χ4v) is 4.89. The van der Waals surface area contributed by atoms with Crippen LogP contribution in [-0.4, -0.2) is 44.3 Å². The minimum atomic E-state index is 0.208. The summed E-state index contributed by atoms with van der Waals surface area (Å²) in [6.45, 7) is 6.17. The van der Waals surface area contributed by atoms with Gasteiger partial charge >= 0.3 is 0 Å². The number of fused-ring (bicyclic) bond motifs is 1. The number of likely N-dealkylation sites (tertiary alicyclic amines) is 1. The standard InChI is InChI=1S/C26H30N4O2/c1-17-12-18(2)16-29(15-17)26(32)13-19-6-8-20(9-7-19)22-4-3-5-25-27-24(28-30(22)25)14-23(31)21-10-11-21/h3-9,17-18,21H,10-16H2,1-2H3. The molecule has 3 aromatic rings. The predicted molar refractivity (Wildman–Crippen MR) is 123 cm³/mol. The number of carbonyl (C=O) groups is 2. The monoisotopic (exact) mass is 430 g/mol. The Hall–Kier alpha value is -3.02. The molecule has 6 heteroatoms. The molecular formula is C26H30N4O2. The van der Waals surface area contributed by atoms with Crippen molar-refractivity contribution < 1.29 is 9.59 Å². The number of pyridine rings is 1. The molecule has 0 bridgehead atoms. The second-order valence-corrected chi connectivity index (χ2v) is 9.74. The van der Waals surface area contributed by atoms with Crippen LogP contribution in [-0.2, 0) is 22.4 Å². The van der Waals surface area contributed by atoms with Crippen LogP contribution < -0.4 is 0 Å². The third-order valence-corrected chi connectivity index (χ3v) is 6.60. The summed E-state index contributed by atoms with van der Waals surface area (Å²) in [5, 5.41) is 4.61. The van der Waals surface area contributed by atoms with Gasteiger partial charge in [0.15, 0.2) is 11.5 Å². The lowest BCUT2D eigenvalue weighted by molar-refractivity contribution is -0.133. The Bertz CT molecular complexity index is 1140. The van der Waals surface area contributed by atoms with Crippen molar-refractivity contribution in [2.24, 2.45) is 17.8 Å². The second kappa shape index (κ2) is 8.49. The first-order valence-electron chi connectivity index (χ1n) is 11.7. The Balaban J connectivity index is 1.31. The van der Waals surface area contributed by atoms with E-state index < -0.39 is 0 Å². The fourth-order valence-electron chi connectivity index (χ4n) is 4.89. The van der Waals surface area contributed by atoms with E-state index in [0.717, 1.165) is 48.4 Å². The van der Waals surface area contributed by atoms with Crippen molar-refractivity contribution >= 4 is 17.3 Å². The molecule has 1 amide bonds. The summed E-state index contributed by atoms with van der Waals surface area (Å²) >= 11 is 0. The van der Waals surface area contributed by atoms with Gasteiger partial charge in [0.05, 0.1) is 18.5 Å². The zero-order chi connectivity index (χ0) is 22.2. The highest BCUT2D eigenvalue weighted by molar-refractivity contribution is 5.84. The van der Waals surface area contributed by atoms with Crippen molar-refractivity contribution in [3.05, 3.63) is 53.9 Å². The molecule has 1 aliphatic heterocycles. The maximum atomic E-state index is 12.8. The molecule has 3 heterocycles. The number of rotatable bonds is 6. The number of Topliss-reactive ketones (excluding diaryl/α,β-unsaturated/α-hetero) is 1. The van der Waals surface area contributed by atoms with E-state index >= 15 is 0 Å². The molecule has 2 atom stereocenters. The number of hydrogen-bond acceptors (Lipinski definition) is 4. The molecule has 2 aliphatic rings. The van der Waals surface area contributed by atoms with E-state index in [2.05, 4.69) is 23.9 Å². The Morgan fingerprint density at radius 3 is 2.38 bits per heavy atom. The van der Waals surface area contributed by atoms with Gasteiger partial charge in [0.2, 0.25) is 5.91 Å². The van der Waals surface area contributed by atoms with E-state index in [1.807, 2.05) is 51.9 Å². The molecule has 0 N–H and O–H groups in total. The molecule has 5 rings (SSSR count). The number of nitrogens with zero attached hydrogens (tertiary/aromatic N) is 4. The van der Waals surface area contributed by atoms with E-state index in [1.54, 1.807) is 0 Å². The van der Waals surface area contributed by atoms with Gasteiger partial charge in [0.25, 0.3) is 0 Å². The summed E-state index contributed by atoms with van der Waals surface area (Å²) in [5.74, 6) is 2.39. The summed E-state index contributed by atoms with van der Waals surface area (Å²) in [6, 6.07) is 14.0. The van der Waals surface area contributed by atoms with Crippen LogP contribution in [0.25, 0.3) is 16.9 Å². The van der Waals surface area contributed by atoms with Gasteiger partial charge < -0.3 is 4.90 Å². The van der Waals surface area contributed by atoms with Gasteiger partial charge in [-0.15, -0.1) is 0 Å². The van der Waals surface area contributed by atoms with Crippen LogP contribution >= 0.6 is 0 Å². The lowest BCUT2D eigenvalue weighted by Gasteiger charge is -2.35. The lowest BCUT2D eigenvalue weighted by atomic mass is 9.91. The molecule has 1 aliphatic carbocycles. The number of hydrogen-bond donors (Lipinski definition) is 0. The third-order valence-electron chi connectivity index (χ3n) is 6.60. The average Bonchev–Trinajstić information content (AvgIpc) is 3.53. The number of benzene rings is 1. The molecule has 166 valence electrons. The lowest BCUT2D eigenvalue weighted by Crippen LogP contribution is -2.43. The summed E-state index contributed by atoms with van der Waals surface area (Å²) in [5.41, 5.74) is 3.70. The highest BCUT2D eigenvalue weighted by Gasteiger charge is 2.30. The maximum absolute atomic E-state index is 12.8. The molecule has 6 nitrogen and oxygen atoms in total. The summed E-state index contributed by atoms with van der Waals surface area (Å²) < 4.78 is 1.81. The smallest absolute Gasteiger partial charge is 0.227 e. The van der Waals surface area contributed by atoms with Gasteiger partial charge in [0, 0.05) is 24.6 Å². The number of piperidine rings is 1. The molecule has 0 radical (unpaired) electrons. The topological polar surface area (TPSA) is 67.6 Å². The molecule has 32 heavy (non-hydrogen) atoms. The maximum Gasteiger partial charge on any atom is 0.227 e. The van der Waals surface area contributed by atoms with Crippen LogP contribution in [0.4, 0.5) is 0 Å². The Kier molecular flexibility index (Phi) is 5.53. The van der Waals surface area contributed by atoms with E-state index in [1.165, 1.54) is 6.42 Å². The van der Waals surface area contributed by atoms with Crippen molar-refractivity contribution in [1.29, 1.82) is 0 Å². The van der Waals surface area contributed by atoms with E-state index in [4.69, 9.17) is 0 Å². The van der Waals surface area contributed by atoms with Crippen molar-refractivity contribution in [2.75, 3.05) is 13.1 Å². The SMILES string of the molecule is CC1CC(C)CN(C(=O)Cc2ccc(-c3cccc4nc(CC(=O)C5CC5)nn34)cc2)C1. The minimum absolute atomic E-state index is 0.208. The molecule has 2 unspecified atom stereocenters. The van der Waals surface area contributed by atoms with Crippen LogP contribution in [0.5, 0.6) is 0 Å². The Labute approximate surface area is 188 Å². The van der Waals surface area contributed by atoms with E-state index in [9.17, 15) is 9.59 Å². The van der Waals surface area contributed by atoms with Crippen molar-refractivity contribution in [3.8, 4) is 11.3 Å². The minimum Gasteiger partial charge on any atom is -0.342 e. The molecular weight excluding hydrogens is 400 g/mol. The third kappa shape index (κ3) is 4.45. The Morgan fingerprint density at radius 1 is 0.969 bits per heavy atom. The van der Waals surface area contributed by atoms with Crippen LogP contribution in [0.3, 0.4) is 0 Å². The molecule has 1 aromatic carbocycles. The largest absolute Gasteiger partial charge is 0.342 e. The van der Waals surface area contributed by atoms with Crippen LogP contribution in [0.1, 0.15) is 44.5 Å². The van der Waals surface area contributed by atoms with Gasteiger partial charge in [-0.2, -0.15) is 5.10 Å². The number of amides is 1. The fraction of sp³-hybridized carbons (Fsp3) is 0.462. The predicted octanol–water partition coefficient (Wildman–Crippen LogP) is 3.96. The van der Waals surface area contributed by atoms with Crippen LogP contribution in [0.15, 0.2) is 42.5 Å². The Morgan fingerprint density at radius 2 is 1.69 bits per heavy atom. The molecule has 2 aromatic heterocycles. The van der Waals surface area contributed by atoms with Gasteiger partial charge in [-0.3, -0.25) is 9.59 Å². The quantitative estimate of drug-likeness (QED) is 0.594.